The van der Waals surface area contributed by atoms with Crippen molar-refractivity contribution in [3.63, 3.8) is 0 Å². The van der Waals surface area contributed by atoms with Crippen molar-refractivity contribution in [2.24, 2.45) is 0 Å². The number of rotatable bonds is 6. The third-order valence-electron chi connectivity index (χ3n) is 4.05. The molecule has 1 aromatic carbocycles. The maximum atomic E-state index is 13.2. The van der Waals surface area contributed by atoms with Gasteiger partial charge in [-0.1, -0.05) is 12.1 Å². The standard InChI is InChI=1S/C16H24FN3O3S/c1-12-9-13(3-4-15(12)17)10-18-16(21)11-20-7-5-14(6-8-20)19-24(2,22)23/h3-4,9,14,19H,5-8,10-11H2,1-2H3,(H,18,21). The van der Waals surface area contributed by atoms with E-state index in [0.29, 0.717) is 38.0 Å². The van der Waals surface area contributed by atoms with Gasteiger partial charge in [0.15, 0.2) is 0 Å². The fourth-order valence-corrected chi connectivity index (χ4v) is 3.63. The molecule has 0 bridgehead atoms. The lowest BCUT2D eigenvalue weighted by Crippen LogP contribution is -2.47. The van der Waals surface area contributed by atoms with Gasteiger partial charge in [0.05, 0.1) is 12.8 Å². The number of carbonyl (C=O) groups excluding carboxylic acids is 1. The molecule has 134 valence electrons. The summed E-state index contributed by atoms with van der Waals surface area (Å²) in [6.45, 7) is 3.69. The first-order valence-electron chi connectivity index (χ1n) is 7.94. The summed E-state index contributed by atoms with van der Waals surface area (Å²) in [5.74, 6) is -0.345. The summed E-state index contributed by atoms with van der Waals surface area (Å²) >= 11 is 0. The maximum absolute atomic E-state index is 13.2. The van der Waals surface area contributed by atoms with Gasteiger partial charge in [-0.15, -0.1) is 0 Å². The summed E-state index contributed by atoms with van der Waals surface area (Å²) in [5, 5.41) is 2.83. The second-order valence-corrected chi connectivity index (χ2v) is 8.08. The molecule has 24 heavy (non-hydrogen) atoms. The number of hydrogen-bond acceptors (Lipinski definition) is 4. The molecule has 0 spiro atoms. The second kappa shape index (κ2) is 8.04. The monoisotopic (exact) mass is 357 g/mol. The number of aryl methyl sites for hydroxylation is 1. The lowest BCUT2D eigenvalue weighted by molar-refractivity contribution is -0.122. The van der Waals surface area contributed by atoms with E-state index < -0.39 is 10.0 Å². The van der Waals surface area contributed by atoms with E-state index >= 15 is 0 Å². The van der Waals surface area contributed by atoms with Crippen LogP contribution in [0.4, 0.5) is 4.39 Å². The van der Waals surface area contributed by atoms with Gasteiger partial charge in [0.25, 0.3) is 0 Å². The minimum Gasteiger partial charge on any atom is -0.351 e. The molecule has 1 fully saturated rings. The number of nitrogens with one attached hydrogen (secondary N) is 2. The number of sulfonamides is 1. The second-order valence-electron chi connectivity index (χ2n) is 6.30. The lowest BCUT2D eigenvalue weighted by Gasteiger charge is -2.31. The predicted molar refractivity (Wildman–Crippen MR) is 90.4 cm³/mol. The highest BCUT2D eigenvalue weighted by Crippen LogP contribution is 2.11. The maximum Gasteiger partial charge on any atom is 0.234 e. The topological polar surface area (TPSA) is 78.5 Å². The normalized spacial score (nSPS) is 17.0. The molecule has 0 unspecified atom stereocenters. The molecule has 1 amide bonds. The Labute approximate surface area is 142 Å². The average molecular weight is 357 g/mol. The van der Waals surface area contributed by atoms with Crippen molar-refractivity contribution in [1.29, 1.82) is 0 Å². The molecule has 2 rings (SSSR count). The molecule has 0 aliphatic carbocycles. The first-order chi connectivity index (χ1) is 11.2. The molecule has 1 aromatic rings. The van der Waals surface area contributed by atoms with Crippen molar-refractivity contribution in [3.8, 4) is 0 Å². The van der Waals surface area contributed by atoms with E-state index in [2.05, 4.69) is 10.0 Å². The number of nitrogens with zero attached hydrogens (tertiary/aromatic N) is 1. The number of likely N-dealkylation sites (tertiary alicyclic amines) is 1. The van der Waals surface area contributed by atoms with Crippen LogP contribution in [-0.2, 0) is 21.4 Å². The highest BCUT2D eigenvalue weighted by Gasteiger charge is 2.22. The van der Waals surface area contributed by atoms with Gasteiger partial charge in [-0.05, 0) is 37.0 Å². The fraction of sp³-hybridized carbons (Fsp3) is 0.562. The zero-order valence-corrected chi connectivity index (χ0v) is 14.8. The average Bonchev–Trinajstić information content (AvgIpc) is 2.49. The van der Waals surface area contributed by atoms with Crippen LogP contribution >= 0.6 is 0 Å². The summed E-state index contributed by atoms with van der Waals surface area (Å²) in [5.41, 5.74) is 1.42. The Kier molecular flexibility index (Phi) is 6.31. The van der Waals surface area contributed by atoms with Gasteiger partial charge >= 0.3 is 0 Å². The Bertz CT molecular complexity index is 686. The highest BCUT2D eigenvalue weighted by molar-refractivity contribution is 7.88. The summed E-state index contributed by atoms with van der Waals surface area (Å²) in [6.07, 6.45) is 2.54. The van der Waals surface area contributed by atoms with Crippen molar-refractivity contribution in [2.45, 2.75) is 32.4 Å². The van der Waals surface area contributed by atoms with Crippen molar-refractivity contribution in [2.75, 3.05) is 25.9 Å². The molecule has 0 radical (unpaired) electrons. The van der Waals surface area contributed by atoms with Gasteiger partial charge in [0.1, 0.15) is 5.82 Å². The van der Waals surface area contributed by atoms with Crippen LogP contribution in [0.15, 0.2) is 18.2 Å². The summed E-state index contributed by atoms with van der Waals surface area (Å²) in [6, 6.07) is 4.72. The van der Waals surface area contributed by atoms with Crippen LogP contribution in [0.1, 0.15) is 24.0 Å². The molecular formula is C16H24FN3O3S. The van der Waals surface area contributed by atoms with Gasteiger partial charge in [0, 0.05) is 25.7 Å². The molecule has 6 nitrogen and oxygen atoms in total. The van der Waals surface area contributed by atoms with Crippen molar-refractivity contribution in [3.05, 3.63) is 35.1 Å². The van der Waals surface area contributed by atoms with E-state index in [-0.39, 0.29) is 24.3 Å². The zero-order valence-electron chi connectivity index (χ0n) is 14.0. The van der Waals surface area contributed by atoms with Gasteiger partial charge < -0.3 is 5.32 Å². The molecule has 0 atom stereocenters. The minimum atomic E-state index is -3.18. The Morgan fingerprint density at radius 3 is 2.58 bits per heavy atom. The van der Waals surface area contributed by atoms with E-state index in [9.17, 15) is 17.6 Å². The molecule has 1 aliphatic rings. The van der Waals surface area contributed by atoms with Crippen LogP contribution in [0.2, 0.25) is 0 Å². The Morgan fingerprint density at radius 1 is 1.33 bits per heavy atom. The number of benzene rings is 1. The van der Waals surface area contributed by atoms with Gasteiger partial charge in [0.2, 0.25) is 15.9 Å². The Balaban J connectivity index is 1.72. The van der Waals surface area contributed by atoms with Crippen LogP contribution in [0.5, 0.6) is 0 Å². The molecule has 8 heteroatoms. The molecule has 1 heterocycles. The Morgan fingerprint density at radius 2 is 2.00 bits per heavy atom. The minimum absolute atomic E-state index is 0.0542. The number of hydrogen-bond donors (Lipinski definition) is 2. The third kappa shape index (κ3) is 6.18. The first-order valence-corrected chi connectivity index (χ1v) is 9.83. The van der Waals surface area contributed by atoms with E-state index in [1.54, 1.807) is 19.1 Å². The molecule has 2 N–H and O–H groups in total. The SMILES string of the molecule is Cc1cc(CNC(=O)CN2CCC(NS(C)(=O)=O)CC2)ccc1F. The summed E-state index contributed by atoms with van der Waals surface area (Å²) in [4.78, 5) is 14.0. The van der Waals surface area contributed by atoms with E-state index in [4.69, 9.17) is 0 Å². The van der Waals surface area contributed by atoms with Gasteiger partial charge in [-0.3, -0.25) is 9.69 Å². The number of amides is 1. The van der Waals surface area contributed by atoms with Crippen molar-refractivity contribution < 1.29 is 17.6 Å². The van der Waals surface area contributed by atoms with Gasteiger partial charge in [-0.25, -0.2) is 17.5 Å². The summed E-state index contributed by atoms with van der Waals surface area (Å²) in [7, 11) is -3.18. The first kappa shape index (κ1) is 18.8. The van der Waals surface area contributed by atoms with Crippen LogP contribution < -0.4 is 10.0 Å². The van der Waals surface area contributed by atoms with Crippen LogP contribution in [0.3, 0.4) is 0 Å². The number of carbonyl (C=O) groups is 1. The Hall–Kier alpha value is -1.51. The quantitative estimate of drug-likeness (QED) is 0.788. The van der Waals surface area contributed by atoms with Gasteiger partial charge in [-0.2, -0.15) is 0 Å². The van der Waals surface area contributed by atoms with E-state index in [1.807, 2.05) is 4.90 Å². The van der Waals surface area contributed by atoms with Crippen LogP contribution in [0, 0.1) is 12.7 Å². The van der Waals surface area contributed by atoms with Crippen LogP contribution in [-0.4, -0.2) is 51.2 Å². The number of piperidine rings is 1. The molecule has 1 aliphatic heterocycles. The highest BCUT2D eigenvalue weighted by atomic mass is 32.2. The number of halogens is 1. The summed E-state index contributed by atoms with van der Waals surface area (Å²) < 4.78 is 38.2. The molecule has 1 saturated heterocycles. The largest absolute Gasteiger partial charge is 0.351 e. The van der Waals surface area contributed by atoms with E-state index in [1.165, 1.54) is 6.07 Å². The molecule has 0 aromatic heterocycles. The third-order valence-corrected chi connectivity index (χ3v) is 4.81. The van der Waals surface area contributed by atoms with Crippen LogP contribution in [0.25, 0.3) is 0 Å². The smallest absolute Gasteiger partial charge is 0.234 e. The van der Waals surface area contributed by atoms with Crippen molar-refractivity contribution in [1.82, 2.24) is 14.9 Å². The van der Waals surface area contributed by atoms with E-state index in [0.717, 1.165) is 11.8 Å². The molecule has 0 saturated carbocycles. The lowest BCUT2D eigenvalue weighted by atomic mass is 10.1. The fourth-order valence-electron chi connectivity index (χ4n) is 2.79. The molecular weight excluding hydrogens is 333 g/mol. The zero-order chi connectivity index (χ0) is 17.7. The predicted octanol–water partition coefficient (Wildman–Crippen LogP) is 0.764. The van der Waals surface area contributed by atoms with Crippen molar-refractivity contribution >= 4 is 15.9 Å².